The van der Waals surface area contributed by atoms with Crippen molar-refractivity contribution in [2.45, 2.75) is 128 Å². The molecule has 46 heavy (non-hydrogen) atoms. The molecule has 0 amide bonds. The van der Waals surface area contributed by atoms with E-state index >= 15 is 0 Å². The Morgan fingerprint density at radius 3 is 2.11 bits per heavy atom. The fraction of sp³-hybridized carbons (Fsp3) is 0.750. The summed E-state index contributed by atoms with van der Waals surface area (Å²) in [7, 11) is -3.04. The first-order valence-corrected chi connectivity index (χ1v) is 18.4. The van der Waals surface area contributed by atoms with Crippen molar-refractivity contribution in [3.8, 4) is 0 Å². The van der Waals surface area contributed by atoms with Crippen LogP contribution in [-0.4, -0.2) is 71.3 Å². The summed E-state index contributed by atoms with van der Waals surface area (Å²) in [5.41, 5.74) is 4.79. The molecule has 0 radical (unpaired) electrons. The van der Waals surface area contributed by atoms with Crippen LogP contribution in [0.25, 0.3) is 0 Å². The second-order valence-electron chi connectivity index (χ2n) is 11.7. The number of hydrogen-bond donors (Lipinski definition) is 7. The largest absolute Gasteiger partial charge is 0.527 e. The van der Waals surface area contributed by atoms with E-state index in [2.05, 4.69) is 22.2 Å². The standard InChI is InChI=1S/C32H58N5O8P/c1-3-4-5-6-7-8-9-10-11-12-13-14-15-16-17-18-21-42-22-23-43-46(40,41)44-24-27-29(38)30(39)32(35-2,45-27)28-20-19-26(37-28)31(34)36-25-33/h19-20,24-25,29-30,35,37-39H,3-18,21-23H2,1-2H3,(H,40,41)(H3,33,34,36)/b27-24+/t29-,30-,32+/m1/s1. The molecular weight excluding hydrogens is 613 g/mol. The molecule has 13 nitrogen and oxygen atoms in total. The SMILES string of the molecule is CCCCCCCCCCCCCCCCCCOCCOP(=O)(O)O/C=C1/O[C@@](NC)(c2ccc(C(N)=NC=N)[nH]2)[C@H](O)[C@@H]1O. The van der Waals surface area contributed by atoms with Crippen molar-refractivity contribution in [3.63, 3.8) is 0 Å². The monoisotopic (exact) mass is 671 g/mol. The summed E-state index contributed by atoms with van der Waals surface area (Å²) >= 11 is 0. The van der Waals surface area contributed by atoms with Gasteiger partial charge in [0.25, 0.3) is 0 Å². The molecule has 0 saturated carbocycles. The zero-order valence-corrected chi connectivity index (χ0v) is 28.6. The average Bonchev–Trinajstić information content (AvgIpc) is 3.63. The van der Waals surface area contributed by atoms with Crippen LogP contribution in [0, 0.1) is 5.41 Å². The Morgan fingerprint density at radius 2 is 1.57 bits per heavy atom. The average molecular weight is 672 g/mol. The number of aliphatic hydroxyl groups excluding tert-OH is 2. The third kappa shape index (κ3) is 13.9. The smallest absolute Gasteiger partial charge is 0.462 e. The van der Waals surface area contributed by atoms with E-state index in [1.54, 1.807) is 12.1 Å². The Bertz CT molecular complexity index is 1100. The highest BCUT2D eigenvalue weighted by Crippen LogP contribution is 2.45. The van der Waals surface area contributed by atoms with Gasteiger partial charge in [0.1, 0.15) is 30.6 Å². The molecule has 14 heteroatoms. The van der Waals surface area contributed by atoms with Crippen molar-refractivity contribution in [1.29, 1.82) is 5.41 Å². The van der Waals surface area contributed by atoms with E-state index in [1.807, 2.05) is 0 Å². The van der Waals surface area contributed by atoms with Gasteiger partial charge in [-0.3, -0.25) is 20.1 Å². The molecule has 1 aromatic heterocycles. The molecule has 8 N–H and O–H groups in total. The second kappa shape index (κ2) is 22.3. The maximum Gasteiger partial charge on any atom is 0.527 e. The summed E-state index contributed by atoms with van der Waals surface area (Å²) in [5.74, 6) is -0.260. The van der Waals surface area contributed by atoms with E-state index < -0.39 is 25.8 Å². The molecule has 1 saturated heterocycles. The first kappa shape index (κ1) is 39.9. The molecule has 264 valence electrons. The number of hydrogen-bond acceptors (Lipinski definition) is 9. The third-order valence-electron chi connectivity index (χ3n) is 8.15. The number of aromatic nitrogens is 1. The van der Waals surface area contributed by atoms with E-state index in [0.717, 1.165) is 25.4 Å². The lowest BCUT2D eigenvalue weighted by molar-refractivity contribution is -0.0831. The maximum atomic E-state index is 12.3. The van der Waals surface area contributed by atoms with Crippen LogP contribution in [0.4, 0.5) is 0 Å². The van der Waals surface area contributed by atoms with Crippen LogP contribution < -0.4 is 11.1 Å². The van der Waals surface area contributed by atoms with Crippen molar-refractivity contribution >= 4 is 20.0 Å². The molecule has 2 heterocycles. The van der Waals surface area contributed by atoms with Gasteiger partial charge in [-0.05, 0) is 25.6 Å². The van der Waals surface area contributed by atoms with Crippen LogP contribution in [0.2, 0.25) is 0 Å². The number of phosphoric ester groups is 1. The topological polar surface area (TPSA) is 205 Å². The summed E-state index contributed by atoms with van der Waals surface area (Å²) in [4.78, 5) is 16.7. The van der Waals surface area contributed by atoms with Gasteiger partial charge in [0.2, 0.25) is 5.72 Å². The molecule has 1 fully saturated rings. The minimum Gasteiger partial charge on any atom is -0.462 e. The number of ether oxygens (including phenoxy) is 2. The Kier molecular flexibility index (Phi) is 19.4. The number of aliphatic hydroxyl groups is 2. The lowest BCUT2D eigenvalue weighted by atomic mass is 10.0. The van der Waals surface area contributed by atoms with Crippen molar-refractivity contribution in [2.75, 3.05) is 26.9 Å². The summed E-state index contributed by atoms with van der Waals surface area (Å²) in [5, 5.41) is 31.2. The maximum absolute atomic E-state index is 12.3. The number of phosphoric acid groups is 1. The first-order valence-electron chi connectivity index (χ1n) is 16.9. The first-order chi connectivity index (χ1) is 22.2. The summed E-state index contributed by atoms with van der Waals surface area (Å²) in [6.45, 7) is 2.78. The number of nitrogens with one attached hydrogen (secondary N) is 3. The Balaban J connectivity index is 1.56. The molecule has 1 aliphatic heterocycles. The number of rotatable bonds is 27. The zero-order chi connectivity index (χ0) is 33.7. The molecule has 0 bridgehead atoms. The molecular formula is C32H58N5O8P. The molecule has 1 aliphatic rings. The van der Waals surface area contributed by atoms with E-state index in [1.165, 1.54) is 96.9 Å². The Morgan fingerprint density at radius 1 is 1.00 bits per heavy atom. The van der Waals surface area contributed by atoms with Gasteiger partial charge in [0.05, 0.1) is 24.6 Å². The number of aliphatic imine (C=N–C) groups is 1. The van der Waals surface area contributed by atoms with Gasteiger partial charge in [-0.25, -0.2) is 9.56 Å². The summed E-state index contributed by atoms with van der Waals surface area (Å²) < 4.78 is 33.5. The second-order valence-corrected chi connectivity index (χ2v) is 13.2. The number of aromatic amines is 1. The van der Waals surface area contributed by atoms with Crippen LogP contribution in [0.5, 0.6) is 0 Å². The highest BCUT2D eigenvalue weighted by molar-refractivity contribution is 7.47. The number of likely N-dealkylation sites (N-methyl/N-ethyl adjacent to an activating group) is 1. The van der Waals surface area contributed by atoms with Gasteiger partial charge in [-0.1, -0.05) is 103 Å². The van der Waals surface area contributed by atoms with Crippen LogP contribution in [0.1, 0.15) is 121 Å². The van der Waals surface area contributed by atoms with Crippen molar-refractivity contribution < 1.29 is 38.2 Å². The van der Waals surface area contributed by atoms with Gasteiger partial charge in [0.15, 0.2) is 5.76 Å². The van der Waals surface area contributed by atoms with Crippen molar-refractivity contribution in [2.24, 2.45) is 10.7 Å². The lowest BCUT2D eigenvalue weighted by Gasteiger charge is -2.30. The molecule has 0 aliphatic carbocycles. The number of nitrogens with zero attached hydrogens (tertiary/aromatic N) is 1. The van der Waals surface area contributed by atoms with Gasteiger partial charge in [-0.2, -0.15) is 0 Å². The Hall–Kier alpha value is -2.25. The number of H-pyrrole nitrogens is 1. The van der Waals surface area contributed by atoms with Gasteiger partial charge >= 0.3 is 7.82 Å². The number of unbranched alkanes of at least 4 members (excludes halogenated alkanes) is 15. The minimum absolute atomic E-state index is 0.0343. The summed E-state index contributed by atoms with van der Waals surface area (Å²) in [6, 6.07) is 3.12. The number of amidine groups is 1. The van der Waals surface area contributed by atoms with Gasteiger partial charge < -0.3 is 34.9 Å². The number of nitrogens with two attached hydrogens (primary N) is 1. The van der Waals surface area contributed by atoms with Gasteiger partial charge in [-0.15, -0.1) is 0 Å². The molecule has 4 atom stereocenters. The molecule has 0 aromatic carbocycles. The molecule has 1 aromatic rings. The predicted molar refractivity (Wildman–Crippen MR) is 179 cm³/mol. The zero-order valence-electron chi connectivity index (χ0n) is 27.8. The lowest BCUT2D eigenvalue weighted by Crippen LogP contribution is -2.50. The van der Waals surface area contributed by atoms with Crippen LogP contribution in [0.15, 0.2) is 29.1 Å². The van der Waals surface area contributed by atoms with Crippen LogP contribution >= 0.6 is 7.82 Å². The molecule has 0 spiro atoms. The predicted octanol–water partition coefficient (Wildman–Crippen LogP) is 5.70. The summed E-state index contributed by atoms with van der Waals surface area (Å²) in [6.07, 6.45) is 19.2. The van der Waals surface area contributed by atoms with Crippen LogP contribution in [0.3, 0.4) is 0 Å². The normalized spacial score (nSPS) is 22.2. The van der Waals surface area contributed by atoms with E-state index in [9.17, 15) is 19.7 Å². The van der Waals surface area contributed by atoms with Gasteiger partial charge in [0, 0.05) is 6.61 Å². The fourth-order valence-electron chi connectivity index (χ4n) is 5.44. The minimum atomic E-state index is -4.53. The van der Waals surface area contributed by atoms with E-state index in [4.69, 9.17) is 29.7 Å². The third-order valence-corrected chi connectivity index (χ3v) is 9.03. The van der Waals surface area contributed by atoms with Crippen molar-refractivity contribution in [3.05, 3.63) is 35.5 Å². The molecule has 1 unspecified atom stereocenters. The van der Waals surface area contributed by atoms with E-state index in [-0.39, 0.29) is 30.5 Å². The highest BCUT2D eigenvalue weighted by Gasteiger charge is 2.54. The highest BCUT2D eigenvalue weighted by atomic mass is 31.2. The fourth-order valence-corrected chi connectivity index (χ4v) is 6.04. The molecule has 2 rings (SSSR count). The van der Waals surface area contributed by atoms with Crippen LogP contribution in [-0.2, 0) is 28.8 Å². The van der Waals surface area contributed by atoms with E-state index in [0.29, 0.717) is 12.3 Å². The van der Waals surface area contributed by atoms with Crippen molar-refractivity contribution in [1.82, 2.24) is 10.3 Å². The Labute approximate surface area is 274 Å². The quantitative estimate of drug-likeness (QED) is 0.0200.